The summed E-state index contributed by atoms with van der Waals surface area (Å²) in [6, 6.07) is 17.9. The van der Waals surface area contributed by atoms with E-state index in [4.69, 9.17) is 0 Å². The van der Waals surface area contributed by atoms with Crippen LogP contribution in [0.15, 0.2) is 54.6 Å². The first-order chi connectivity index (χ1) is 11.1. The van der Waals surface area contributed by atoms with Crippen LogP contribution in [0.3, 0.4) is 0 Å². The maximum Gasteiger partial charge on any atom is 0.123 e. The summed E-state index contributed by atoms with van der Waals surface area (Å²) in [5, 5.41) is 2.54. The van der Waals surface area contributed by atoms with Crippen LogP contribution in [0.25, 0.3) is 10.8 Å². The van der Waals surface area contributed by atoms with Gasteiger partial charge in [-0.3, -0.25) is 0 Å². The maximum absolute atomic E-state index is 13.7. The highest BCUT2D eigenvalue weighted by Gasteiger charge is 2.20. The van der Waals surface area contributed by atoms with Crippen molar-refractivity contribution in [3.63, 3.8) is 0 Å². The highest BCUT2D eigenvalue weighted by atomic mass is 19.1. The molecule has 23 heavy (non-hydrogen) atoms. The molecule has 1 aliphatic rings. The van der Waals surface area contributed by atoms with Gasteiger partial charge in [0, 0.05) is 44.1 Å². The number of halogens is 1. The summed E-state index contributed by atoms with van der Waals surface area (Å²) >= 11 is 0. The molecule has 0 saturated carbocycles. The van der Waals surface area contributed by atoms with Crippen molar-refractivity contribution >= 4 is 22.1 Å². The van der Waals surface area contributed by atoms with Gasteiger partial charge in [-0.25, -0.2) is 4.39 Å². The molecule has 3 aromatic carbocycles. The van der Waals surface area contributed by atoms with Crippen molar-refractivity contribution in [1.29, 1.82) is 0 Å². The highest BCUT2D eigenvalue weighted by molar-refractivity contribution is 5.91. The molecule has 0 aromatic heterocycles. The van der Waals surface area contributed by atoms with Crippen molar-refractivity contribution in [2.75, 3.05) is 23.9 Å². The Labute approximate surface area is 135 Å². The van der Waals surface area contributed by atoms with Gasteiger partial charge in [-0.05, 0) is 40.6 Å². The normalized spacial score (nSPS) is 14.2. The Morgan fingerprint density at radius 3 is 2.43 bits per heavy atom. The van der Waals surface area contributed by atoms with Crippen molar-refractivity contribution in [3.05, 3.63) is 71.5 Å². The Morgan fingerprint density at radius 2 is 1.57 bits per heavy atom. The molecule has 0 saturated heterocycles. The number of hydrogen-bond acceptors (Lipinski definition) is 2. The monoisotopic (exact) mass is 306 g/mol. The first-order valence-corrected chi connectivity index (χ1v) is 7.85. The lowest BCUT2D eigenvalue weighted by Crippen LogP contribution is -2.27. The standard InChI is InChI=1S/C20H19FN2/c1-22-12-15-11-16(21)8-10-19(15)23(2)13-18-17-6-4-3-5-14(17)7-9-20(18)22/h3-11H,12-13H2,1-2H3. The van der Waals surface area contributed by atoms with Crippen LogP contribution in [0.4, 0.5) is 15.8 Å². The van der Waals surface area contributed by atoms with Crippen LogP contribution in [0.1, 0.15) is 11.1 Å². The molecule has 0 aliphatic carbocycles. The lowest BCUT2D eigenvalue weighted by molar-refractivity contribution is 0.624. The van der Waals surface area contributed by atoms with Crippen molar-refractivity contribution in [2.45, 2.75) is 13.1 Å². The average molecular weight is 306 g/mol. The summed E-state index contributed by atoms with van der Waals surface area (Å²) in [7, 11) is 4.15. The molecule has 3 heteroatoms. The van der Waals surface area contributed by atoms with Crippen molar-refractivity contribution < 1.29 is 4.39 Å². The van der Waals surface area contributed by atoms with Crippen molar-refractivity contribution in [2.24, 2.45) is 0 Å². The zero-order chi connectivity index (χ0) is 16.0. The summed E-state index contributed by atoms with van der Waals surface area (Å²) in [6.45, 7) is 1.50. The summed E-state index contributed by atoms with van der Waals surface area (Å²) in [4.78, 5) is 4.43. The van der Waals surface area contributed by atoms with Gasteiger partial charge in [0.2, 0.25) is 0 Å². The molecule has 1 heterocycles. The lowest BCUT2D eigenvalue weighted by atomic mass is 9.99. The molecule has 1 aliphatic heterocycles. The number of benzene rings is 3. The van der Waals surface area contributed by atoms with Crippen LogP contribution in [0, 0.1) is 5.82 Å². The molecule has 0 unspecified atom stereocenters. The molecule has 0 bridgehead atoms. The largest absolute Gasteiger partial charge is 0.370 e. The van der Waals surface area contributed by atoms with Crippen LogP contribution in [-0.4, -0.2) is 14.1 Å². The van der Waals surface area contributed by atoms with Gasteiger partial charge < -0.3 is 9.80 Å². The van der Waals surface area contributed by atoms with Gasteiger partial charge in [0.1, 0.15) is 5.82 Å². The van der Waals surface area contributed by atoms with Gasteiger partial charge in [0.15, 0.2) is 0 Å². The molecule has 4 rings (SSSR count). The second-order valence-electron chi connectivity index (χ2n) is 6.27. The van der Waals surface area contributed by atoms with Crippen molar-refractivity contribution in [3.8, 4) is 0 Å². The average Bonchev–Trinajstić information content (AvgIpc) is 2.54. The molecule has 2 nitrogen and oxygen atoms in total. The Bertz CT molecular complexity index is 888. The van der Waals surface area contributed by atoms with Gasteiger partial charge in [-0.1, -0.05) is 30.3 Å². The summed E-state index contributed by atoms with van der Waals surface area (Å²) < 4.78 is 13.7. The number of anilines is 2. The topological polar surface area (TPSA) is 6.48 Å². The Morgan fingerprint density at radius 1 is 0.826 bits per heavy atom. The minimum absolute atomic E-state index is 0.176. The molecule has 0 N–H and O–H groups in total. The summed E-state index contributed by atoms with van der Waals surface area (Å²) in [5.41, 5.74) is 4.65. The second kappa shape index (κ2) is 5.27. The fraction of sp³-hybridized carbons (Fsp3) is 0.200. The number of rotatable bonds is 0. The van der Waals surface area contributed by atoms with Crippen LogP contribution in [-0.2, 0) is 13.1 Å². The fourth-order valence-electron chi connectivity index (χ4n) is 3.56. The quantitative estimate of drug-likeness (QED) is 0.600. The van der Waals surface area contributed by atoms with E-state index in [9.17, 15) is 4.39 Å². The smallest absolute Gasteiger partial charge is 0.123 e. The Balaban J connectivity index is 1.91. The SMILES string of the molecule is CN1Cc2c(ccc3ccccc23)N(C)Cc2cc(F)ccc21. The van der Waals surface area contributed by atoms with E-state index in [-0.39, 0.29) is 5.82 Å². The van der Waals surface area contributed by atoms with E-state index >= 15 is 0 Å². The van der Waals surface area contributed by atoms with Crippen LogP contribution in [0.2, 0.25) is 0 Å². The molecule has 0 atom stereocenters. The van der Waals surface area contributed by atoms with Crippen LogP contribution in [0.5, 0.6) is 0 Å². The molecule has 0 spiro atoms. The third-order valence-electron chi connectivity index (χ3n) is 4.68. The number of fused-ring (bicyclic) bond motifs is 4. The van der Waals surface area contributed by atoms with Gasteiger partial charge in [0.05, 0.1) is 0 Å². The van der Waals surface area contributed by atoms with E-state index in [2.05, 4.69) is 60.3 Å². The molecule has 0 amide bonds. The summed E-state index contributed by atoms with van der Waals surface area (Å²) in [6.07, 6.45) is 0. The first-order valence-electron chi connectivity index (χ1n) is 7.85. The zero-order valence-corrected chi connectivity index (χ0v) is 13.4. The van der Waals surface area contributed by atoms with Gasteiger partial charge in [0.25, 0.3) is 0 Å². The summed E-state index contributed by atoms with van der Waals surface area (Å²) in [5.74, 6) is -0.176. The van der Waals surface area contributed by atoms with E-state index in [0.717, 1.165) is 17.8 Å². The predicted octanol–water partition coefficient (Wildman–Crippen LogP) is 4.57. The van der Waals surface area contributed by atoms with E-state index < -0.39 is 0 Å². The molecule has 3 aromatic rings. The third-order valence-corrected chi connectivity index (χ3v) is 4.68. The zero-order valence-electron chi connectivity index (χ0n) is 13.4. The first kappa shape index (κ1) is 14.1. The molecule has 0 radical (unpaired) electrons. The van der Waals surface area contributed by atoms with Gasteiger partial charge >= 0.3 is 0 Å². The number of hydrogen-bond donors (Lipinski definition) is 0. The highest BCUT2D eigenvalue weighted by Crippen LogP contribution is 2.35. The minimum Gasteiger partial charge on any atom is -0.370 e. The van der Waals surface area contributed by atoms with E-state index in [1.54, 1.807) is 12.1 Å². The number of nitrogens with zero attached hydrogens (tertiary/aromatic N) is 2. The van der Waals surface area contributed by atoms with Gasteiger partial charge in [-0.2, -0.15) is 0 Å². The Hall–Kier alpha value is -2.55. The fourth-order valence-corrected chi connectivity index (χ4v) is 3.56. The predicted molar refractivity (Wildman–Crippen MR) is 94.6 cm³/mol. The third kappa shape index (κ3) is 2.33. The molecular formula is C20H19FN2. The van der Waals surface area contributed by atoms with Crippen LogP contribution >= 0.6 is 0 Å². The maximum atomic E-state index is 13.7. The van der Waals surface area contributed by atoms with E-state index in [1.165, 1.54) is 22.0 Å². The second-order valence-corrected chi connectivity index (χ2v) is 6.27. The molecule has 0 fully saturated rings. The van der Waals surface area contributed by atoms with E-state index in [1.807, 2.05) is 6.07 Å². The van der Waals surface area contributed by atoms with Crippen LogP contribution < -0.4 is 9.80 Å². The van der Waals surface area contributed by atoms with Gasteiger partial charge in [-0.15, -0.1) is 0 Å². The molecule has 116 valence electrons. The van der Waals surface area contributed by atoms with Crippen molar-refractivity contribution in [1.82, 2.24) is 0 Å². The Kier molecular flexibility index (Phi) is 3.22. The lowest BCUT2D eigenvalue weighted by Gasteiger charge is -2.32. The minimum atomic E-state index is -0.176. The van der Waals surface area contributed by atoms with E-state index in [0.29, 0.717) is 6.54 Å². The molecular weight excluding hydrogens is 287 g/mol.